The molecule has 0 saturated heterocycles. The fourth-order valence-electron chi connectivity index (χ4n) is 2.40. The molecular formula is C16H10CrN5O7S. The van der Waals surface area contributed by atoms with Gasteiger partial charge in [0.25, 0.3) is 5.69 Å². The Balaban J connectivity index is 0.00000320. The monoisotopic (exact) mass is 468 g/mol. The van der Waals surface area contributed by atoms with Gasteiger partial charge >= 0.3 is 17.4 Å². The first-order valence-electron chi connectivity index (χ1n) is 7.78. The molecule has 1 heterocycles. The summed E-state index contributed by atoms with van der Waals surface area (Å²) in [6.07, 6.45) is 0. The van der Waals surface area contributed by atoms with Gasteiger partial charge in [0, 0.05) is 18.0 Å². The average Bonchev–Trinajstić information content (AvgIpc) is 2.94. The fourth-order valence-corrected chi connectivity index (χ4v) is 3.00. The second-order valence-electron chi connectivity index (χ2n) is 5.69. The van der Waals surface area contributed by atoms with Crippen LogP contribution in [0.15, 0.2) is 57.6 Å². The van der Waals surface area contributed by atoms with Crippen LogP contribution in [0.25, 0.3) is 5.69 Å². The van der Waals surface area contributed by atoms with Gasteiger partial charge in [0.15, 0.2) is 0 Å². The summed E-state index contributed by atoms with van der Waals surface area (Å²) in [5.74, 6) is -2.04. The van der Waals surface area contributed by atoms with E-state index in [4.69, 9.17) is 0 Å². The maximum atomic E-state index is 12.5. The topological polar surface area (TPSA) is 189 Å². The number of nitro benzene ring substituents is 1. The number of aromatic nitrogens is 2. The summed E-state index contributed by atoms with van der Waals surface area (Å²) in [7, 11) is -5.29. The van der Waals surface area contributed by atoms with Crippen molar-refractivity contribution in [2.75, 3.05) is 0 Å². The number of nitro groups is 1. The number of hydrogen-bond acceptors (Lipinski definition) is 10. The number of hydrogen-bond donors (Lipinski definition) is 0. The molecule has 0 spiro atoms. The first kappa shape index (κ1) is 23.0. The van der Waals surface area contributed by atoms with E-state index in [1.165, 1.54) is 6.92 Å². The van der Waals surface area contributed by atoms with Gasteiger partial charge in [-0.05, 0) is 19.1 Å². The van der Waals surface area contributed by atoms with Gasteiger partial charge in [0.2, 0.25) is 0 Å². The van der Waals surface area contributed by atoms with Gasteiger partial charge in [0.05, 0.1) is 26.9 Å². The van der Waals surface area contributed by atoms with E-state index >= 15 is 0 Å². The molecule has 0 aliphatic rings. The second kappa shape index (κ2) is 8.59. The van der Waals surface area contributed by atoms with Crippen LogP contribution in [-0.2, 0) is 27.5 Å². The van der Waals surface area contributed by atoms with Crippen LogP contribution < -0.4 is 10.2 Å². The summed E-state index contributed by atoms with van der Waals surface area (Å²) in [6.45, 7) is 1.45. The van der Waals surface area contributed by atoms with Crippen molar-refractivity contribution in [3.8, 4) is 17.3 Å². The molecule has 2 aromatic carbocycles. The van der Waals surface area contributed by atoms with Crippen molar-refractivity contribution in [2.45, 2.75) is 11.8 Å². The van der Waals surface area contributed by atoms with Gasteiger partial charge in [-0.15, -0.1) is 5.11 Å². The zero-order chi connectivity index (χ0) is 21.3. The fraction of sp³-hybridized carbons (Fsp3) is 0.0625. The number of nitrogens with zero attached hydrogens (tertiary/aromatic N) is 5. The quantitative estimate of drug-likeness (QED) is 0.233. The number of non-ortho nitro benzene ring substituents is 1. The molecule has 0 aliphatic carbocycles. The molecule has 0 saturated carbocycles. The van der Waals surface area contributed by atoms with Crippen molar-refractivity contribution in [3.63, 3.8) is 0 Å². The Kier molecular flexibility index (Phi) is 6.58. The third kappa shape index (κ3) is 4.47. The first-order valence-corrected chi connectivity index (χ1v) is 9.19. The number of aryl methyl sites for hydroxylation is 1. The van der Waals surface area contributed by atoms with Gasteiger partial charge in [-0.3, -0.25) is 10.1 Å². The Hall–Kier alpha value is -3.31. The Morgan fingerprint density at radius 3 is 2.30 bits per heavy atom. The molecule has 1 aromatic heterocycles. The van der Waals surface area contributed by atoms with Crippen molar-refractivity contribution in [2.24, 2.45) is 10.2 Å². The van der Waals surface area contributed by atoms with Crippen LogP contribution in [0.5, 0.6) is 11.6 Å². The van der Waals surface area contributed by atoms with Crippen LogP contribution in [0.1, 0.15) is 5.69 Å². The van der Waals surface area contributed by atoms with Crippen LogP contribution in [-0.4, -0.2) is 27.7 Å². The second-order valence-corrected chi connectivity index (χ2v) is 7.04. The average molecular weight is 468 g/mol. The number of para-hydroxylation sites is 1. The molecule has 0 atom stereocenters. The summed E-state index contributed by atoms with van der Waals surface area (Å²) >= 11 is 0. The van der Waals surface area contributed by atoms with Crippen LogP contribution in [0.3, 0.4) is 0 Å². The summed E-state index contributed by atoms with van der Waals surface area (Å²) < 4.78 is 34.7. The molecule has 0 unspecified atom stereocenters. The summed E-state index contributed by atoms with van der Waals surface area (Å²) in [4.78, 5) is 8.63. The van der Waals surface area contributed by atoms with E-state index in [0.29, 0.717) is 17.8 Å². The smallest absolute Gasteiger partial charge is 0.870 e. The van der Waals surface area contributed by atoms with Gasteiger partial charge < -0.3 is 14.8 Å². The van der Waals surface area contributed by atoms with Crippen LogP contribution >= 0.6 is 0 Å². The number of rotatable bonds is 5. The van der Waals surface area contributed by atoms with Crippen LogP contribution in [0.4, 0.5) is 17.1 Å². The molecule has 3 aromatic rings. The van der Waals surface area contributed by atoms with Gasteiger partial charge in [-0.1, -0.05) is 23.9 Å². The third-order valence-electron chi connectivity index (χ3n) is 3.75. The zero-order valence-corrected chi connectivity index (χ0v) is 17.0. The Morgan fingerprint density at radius 1 is 1.10 bits per heavy atom. The van der Waals surface area contributed by atoms with E-state index in [9.17, 15) is 33.3 Å². The van der Waals surface area contributed by atoms with Crippen LogP contribution in [0, 0.1) is 17.0 Å². The normalized spacial score (nSPS) is 11.4. The van der Waals surface area contributed by atoms with E-state index in [-0.39, 0.29) is 28.7 Å². The minimum atomic E-state index is -5.29. The van der Waals surface area contributed by atoms with E-state index in [2.05, 4.69) is 15.3 Å². The maximum Gasteiger partial charge on any atom is 3.00 e. The van der Waals surface area contributed by atoms with Crippen molar-refractivity contribution in [3.05, 3.63) is 58.3 Å². The molecule has 1 radical (unpaired) electrons. The Morgan fingerprint density at radius 2 is 1.73 bits per heavy atom. The minimum Gasteiger partial charge on any atom is -0.870 e. The van der Waals surface area contributed by atoms with Crippen molar-refractivity contribution < 1.29 is 45.5 Å². The molecule has 0 N–H and O–H groups in total. The predicted octanol–water partition coefficient (Wildman–Crippen LogP) is 1.55. The molecular weight excluding hydrogens is 458 g/mol. The molecule has 0 amide bonds. The maximum absolute atomic E-state index is 12.5. The first-order chi connectivity index (χ1) is 13.6. The number of azo groups is 1. The van der Waals surface area contributed by atoms with E-state index in [1.807, 2.05) is 0 Å². The van der Waals surface area contributed by atoms with Crippen LogP contribution in [0.2, 0.25) is 0 Å². The largest absolute Gasteiger partial charge is 3.00 e. The molecule has 30 heavy (non-hydrogen) atoms. The standard InChI is InChI=1S/C16H13N5O7S.Cr/c1-9-14(16(23)20(19-9)10-5-3-2-4-6-10)18-17-12-7-11(21(24)25)8-13(15(12)22)29(26,27)28;/h2-8,22-23H,1H3,(H,26,27,28);/q;+3/p-3. The molecule has 0 fully saturated rings. The summed E-state index contributed by atoms with van der Waals surface area (Å²) in [5.41, 5.74) is -1.28. The van der Waals surface area contributed by atoms with Gasteiger partial charge in [-0.25, -0.2) is 13.1 Å². The summed E-state index contributed by atoms with van der Waals surface area (Å²) in [5, 5.41) is 46.7. The molecule has 14 heteroatoms. The van der Waals surface area contributed by atoms with E-state index < -0.39 is 42.9 Å². The molecule has 3 rings (SSSR count). The minimum absolute atomic E-state index is 0. The van der Waals surface area contributed by atoms with E-state index in [0.717, 1.165) is 4.68 Å². The van der Waals surface area contributed by atoms with E-state index in [1.54, 1.807) is 30.3 Å². The Bertz CT molecular complexity index is 1240. The predicted molar refractivity (Wildman–Crippen MR) is 92.4 cm³/mol. The molecule has 0 bridgehead atoms. The Labute approximate surface area is 180 Å². The van der Waals surface area contributed by atoms with Gasteiger partial charge in [-0.2, -0.15) is 10.2 Å². The SMILES string of the molecule is Cc1nn(-c2ccccc2)c([O-])c1N=Nc1cc([N+](=O)[O-])cc(S(=O)(=O)[O-])c1[O-].[Cr+3]. The molecule has 153 valence electrons. The molecule has 0 aliphatic heterocycles. The molecule has 12 nitrogen and oxygen atoms in total. The van der Waals surface area contributed by atoms with Crippen molar-refractivity contribution in [1.82, 2.24) is 9.78 Å². The number of benzene rings is 2. The summed E-state index contributed by atoms with van der Waals surface area (Å²) in [6, 6.07) is 9.36. The van der Waals surface area contributed by atoms with Gasteiger partial charge in [0.1, 0.15) is 15.8 Å². The third-order valence-corrected chi connectivity index (χ3v) is 4.59. The van der Waals surface area contributed by atoms with Crippen molar-refractivity contribution >= 4 is 27.2 Å². The van der Waals surface area contributed by atoms with Crippen molar-refractivity contribution in [1.29, 1.82) is 0 Å². The zero-order valence-electron chi connectivity index (χ0n) is 15.0.